The monoisotopic (exact) mass is 554 g/mol. The van der Waals surface area contributed by atoms with Gasteiger partial charge in [0.25, 0.3) is 0 Å². The van der Waals surface area contributed by atoms with Crippen molar-refractivity contribution in [3.05, 3.63) is 0 Å². The Kier molecular flexibility index (Phi) is 10.7. The molecule has 210 valence electrons. The fraction of sp³-hybridized carbons (Fsp3) is 1.00. The van der Waals surface area contributed by atoms with Crippen LogP contribution in [0.15, 0.2) is 0 Å². The van der Waals surface area contributed by atoms with Gasteiger partial charge in [0.1, 0.15) is 0 Å². The molecule has 37 heavy (non-hydrogen) atoms. The minimum absolute atomic E-state index is 0. The van der Waals surface area contributed by atoms with Gasteiger partial charge in [0, 0.05) is 12.5 Å². The predicted octanol–water partition coefficient (Wildman–Crippen LogP) is -0.156. The Morgan fingerprint density at radius 3 is 2.38 bits per heavy atom. The molecule has 12 atom stereocenters. The summed E-state index contributed by atoms with van der Waals surface area (Å²) < 4.78 is 36.5. The van der Waals surface area contributed by atoms with E-state index in [4.69, 9.17) is 0 Å². The molecule has 10 heteroatoms. The standard InChI is InChI=1S/C27H48O8S.Na/c1-16(5-4-6-17(14-28)15-35-36(32,33)34)20-7-8-21-24-22(30)12-18-11-19(29)9-10-26(18,2)25(24)23(31)13-27(20,21)3;/h16-25,28-31H,4-15H2,1-3H3,(H,32,33,34);/q;+1/p-1/t16-,17?,18+,19-,20-,21+,22-,23-,24-,25+,26+,27-;/m1./s1. The van der Waals surface area contributed by atoms with E-state index in [-0.39, 0.29) is 83.4 Å². The molecule has 8 nitrogen and oxygen atoms in total. The van der Waals surface area contributed by atoms with Gasteiger partial charge < -0.3 is 25.0 Å². The molecule has 4 rings (SSSR count). The van der Waals surface area contributed by atoms with Crippen LogP contribution in [0.1, 0.15) is 85.0 Å². The van der Waals surface area contributed by atoms with Crippen molar-refractivity contribution in [1.82, 2.24) is 0 Å². The third-order valence-electron chi connectivity index (χ3n) is 11.3. The van der Waals surface area contributed by atoms with E-state index >= 15 is 0 Å². The second kappa shape index (κ2) is 12.3. The van der Waals surface area contributed by atoms with Gasteiger partial charge in [0.2, 0.25) is 10.4 Å². The van der Waals surface area contributed by atoms with Gasteiger partial charge in [-0.2, -0.15) is 0 Å². The first-order valence-corrected chi connectivity index (χ1v) is 15.4. The molecule has 4 aliphatic rings. The maximum absolute atomic E-state index is 11.6. The summed E-state index contributed by atoms with van der Waals surface area (Å²) in [5, 5.41) is 42.8. The van der Waals surface area contributed by atoms with Crippen LogP contribution in [0.2, 0.25) is 0 Å². The molecule has 4 N–H and O–H groups in total. The Bertz CT molecular complexity index is 872. The summed E-state index contributed by atoms with van der Waals surface area (Å²) in [6, 6.07) is 0. The van der Waals surface area contributed by atoms with Crippen molar-refractivity contribution in [3.8, 4) is 0 Å². The zero-order chi connectivity index (χ0) is 26.5. The maximum Gasteiger partial charge on any atom is 1.00 e. The van der Waals surface area contributed by atoms with Gasteiger partial charge >= 0.3 is 29.6 Å². The number of rotatable bonds is 9. The summed E-state index contributed by atoms with van der Waals surface area (Å²) in [6.07, 6.45) is 7.14. The van der Waals surface area contributed by atoms with Crippen LogP contribution in [0.5, 0.6) is 0 Å². The van der Waals surface area contributed by atoms with Crippen molar-refractivity contribution in [3.63, 3.8) is 0 Å². The first-order chi connectivity index (χ1) is 16.8. The van der Waals surface area contributed by atoms with Crippen LogP contribution in [0.3, 0.4) is 0 Å². The quantitative estimate of drug-likeness (QED) is 0.175. The van der Waals surface area contributed by atoms with Crippen LogP contribution < -0.4 is 29.6 Å². The van der Waals surface area contributed by atoms with Crippen LogP contribution in [-0.4, -0.2) is 64.9 Å². The Morgan fingerprint density at radius 2 is 1.73 bits per heavy atom. The van der Waals surface area contributed by atoms with Crippen LogP contribution >= 0.6 is 0 Å². The van der Waals surface area contributed by atoms with Gasteiger partial charge in [-0.15, -0.1) is 0 Å². The molecule has 0 amide bonds. The average molecular weight is 555 g/mol. The second-order valence-electron chi connectivity index (χ2n) is 13.3. The summed E-state index contributed by atoms with van der Waals surface area (Å²) in [6.45, 7) is 6.36. The van der Waals surface area contributed by atoms with Crippen LogP contribution in [0.4, 0.5) is 0 Å². The van der Waals surface area contributed by atoms with Crippen molar-refractivity contribution in [1.29, 1.82) is 0 Å². The Morgan fingerprint density at radius 1 is 1.03 bits per heavy atom. The fourth-order valence-corrected chi connectivity index (χ4v) is 9.98. The van der Waals surface area contributed by atoms with Gasteiger partial charge in [0.15, 0.2) is 0 Å². The molecular weight excluding hydrogens is 507 g/mol. The number of hydrogen-bond acceptors (Lipinski definition) is 8. The molecule has 0 saturated heterocycles. The summed E-state index contributed by atoms with van der Waals surface area (Å²) in [5.41, 5.74) is -0.0823. The molecule has 0 spiro atoms. The molecule has 4 fully saturated rings. The molecular formula is C27H47NaO8S. The molecule has 4 aliphatic carbocycles. The van der Waals surface area contributed by atoms with Gasteiger partial charge in [0.05, 0.1) is 24.9 Å². The minimum atomic E-state index is -4.76. The Labute approximate surface area is 245 Å². The van der Waals surface area contributed by atoms with Crippen LogP contribution in [0.25, 0.3) is 0 Å². The van der Waals surface area contributed by atoms with E-state index in [9.17, 15) is 33.4 Å². The molecule has 0 aliphatic heterocycles. The summed E-state index contributed by atoms with van der Waals surface area (Å²) in [7, 11) is -4.76. The second-order valence-corrected chi connectivity index (χ2v) is 14.3. The first-order valence-electron chi connectivity index (χ1n) is 14.1. The molecule has 4 saturated carbocycles. The Hall–Kier alpha value is 0.710. The van der Waals surface area contributed by atoms with E-state index in [2.05, 4.69) is 25.0 Å². The van der Waals surface area contributed by atoms with Gasteiger partial charge in [-0.05, 0) is 97.7 Å². The topological polar surface area (TPSA) is 147 Å². The number of fused-ring (bicyclic) bond motifs is 5. The molecule has 0 aromatic rings. The largest absolute Gasteiger partial charge is 1.00 e. The van der Waals surface area contributed by atoms with Gasteiger partial charge in [-0.3, -0.25) is 4.18 Å². The maximum atomic E-state index is 11.6. The fourth-order valence-electron chi connectivity index (χ4n) is 9.62. The van der Waals surface area contributed by atoms with Crippen LogP contribution in [-0.2, 0) is 14.6 Å². The van der Waals surface area contributed by atoms with Crippen molar-refractivity contribution in [2.45, 2.75) is 103 Å². The van der Waals surface area contributed by atoms with Crippen molar-refractivity contribution in [2.75, 3.05) is 13.2 Å². The zero-order valence-electron chi connectivity index (χ0n) is 23.1. The van der Waals surface area contributed by atoms with E-state index in [1.54, 1.807) is 0 Å². The smallest absolute Gasteiger partial charge is 0.726 e. The summed E-state index contributed by atoms with van der Waals surface area (Å²) in [5.74, 6) is 1.23. The SMILES string of the molecule is C[C@H](CCCC(CO)COS(=O)(=O)[O-])[C@H]1CC[C@H]2[C@H]3[C@H]([C@H](O)C[C@]12C)[C@@]1(C)CC[C@@H](O)C[C@H]1C[C@H]3O.[Na+]. The van der Waals surface area contributed by atoms with Gasteiger partial charge in [-0.1, -0.05) is 33.6 Å². The summed E-state index contributed by atoms with van der Waals surface area (Å²) >= 11 is 0. The molecule has 0 heterocycles. The summed E-state index contributed by atoms with van der Waals surface area (Å²) in [4.78, 5) is 0. The zero-order valence-corrected chi connectivity index (χ0v) is 25.9. The number of aliphatic hydroxyl groups excluding tert-OH is 4. The molecule has 0 radical (unpaired) electrons. The number of hydrogen-bond donors (Lipinski definition) is 4. The van der Waals surface area contributed by atoms with E-state index in [1.807, 2.05) is 0 Å². The van der Waals surface area contributed by atoms with Crippen molar-refractivity contribution in [2.24, 2.45) is 52.3 Å². The van der Waals surface area contributed by atoms with Crippen LogP contribution in [0, 0.1) is 52.3 Å². The molecule has 1 unspecified atom stereocenters. The predicted molar refractivity (Wildman–Crippen MR) is 133 cm³/mol. The Balaban J connectivity index is 0.00000380. The minimum Gasteiger partial charge on any atom is -0.726 e. The molecule has 0 aromatic heterocycles. The van der Waals surface area contributed by atoms with E-state index in [0.29, 0.717) is 24.2 Å². The molecule has 0 bridgehead atoms. The van der Waals surface area contributed by atoms with Gasteiger partial charge in [-0.25, -0.2) is 8.42 Å². The van der Waals surface area contributed by atoms with E-state index < -0.39 is 22.6 Å². The first kappa shape index (κ1) is 32.2. The van der Waals surface area contributed by atoms with Crippen molar-refractivity contribution < 1.29 is 67.1 Å². The normalized spacial score (nSPS) is 45.2. The molecule has 0 aromatic carbocycles. The average Bonchev–Trinajstić information content (AvgIpc) is 3.12. The van der Waals surface area contributed by atoms with E-state index in [0.717, 1.165) is 57.8 Å². The third-order valence-corrected chi connectivity index (χ3v) is 11.8. The third kappa shape index (κ3) is 6.47. The van der Waals surface area contributed by atoms with E-state index in [1.165, 1.54) is 0 Å². The number of aliphatic hydroxyl groups is 4. The van der Waals surface area contributed by atoms with Crippen molar-refractivity contribution >= 4 is 10.4 Å².